The van der Waals surface area contributed by atoms with Crippen LogP contribution in [0.25, 0.3) is 0 Å². The Balaban J connectivity index is 2.23. The molecule has 0 amide bonds. The molecule has 1 heterocycles. The topological polar surface area (TPSA) is 79.3 Å². The zero-order chi connectivity index (χ0) is 13.9. The molecular weight excluding hydrogens is 264 g/mol. The van der Waals surface area contributed by atoms with Crippen LogP contribution in [0.15, 0.2) is 23.2 Å². The summed E-state index contributed by atoms with van der Waals surface area (Å²) < 4.78 is 23.4. The van der Waals surface area contributed by atoms with E-state index in [-0.39, 0.29) is 10.9 Å². The Hall–Kier alpha value is -1.14. The van der Waals surface area contributed by atoms with Crippen LogP contribution >= 0.6 is 0 Å². The van der Waals surface area contributed by atoms with E-state index in [1.54, 1.807) is 12.3 Å². The fraction of sp³-hybridized carbons (Fsp3) is 0.615. The molecule has 106 valence electrons. The van der Waals surface area contributed by atoms with Crippen molar-refractivity contribution in [2.75, 3.05) is 11.6 Å². The lowest BCUT2D eigenvalue weighted by Gasteiger charge is -2.23. The number of sulfone groups is 1. The summed E-state index contributed by atoms with van der Waals surface area (Å²) in [6.07, 6.45) is 7.02. The van der Waals surface area contributed by atoms with Crippen LogP contribution in [0.2, 0.25) is 0 Å². The highest BCUT2D eigenvalue weighted by atomic mass is 32.2. The Bertz CT molecular complexity index is 530. The van der Waals surface area contributed by atoms with Gasteiger partial charge in [-0.05, 0) is 25.0 Å². The highest BCUT2D eigenvalue weighted by Crippen LogP contribution is 2.24. The van der Waals surface area contributed by atoms with E-state index in [1.165, 1.54) is 12.3 Å². The van der Waals surface area contributed by atoms with Gasteiger partial charge in [0.05, 0.1) is 12.1 Å². The van der Waals surface area contributed by atoms with Crippen molar-refractivity contribution in [3.63, 3.8) is 0 Å². The zero-order valence-corrected chi connectivity index (χ0v) is 11.9. The highest BCUT2D eigenvalue weighted by molar-refractivity contribution is 7.90. The third kappa shape index (κ3) is 3.67. The van der Waals surface area contributed by atoms with Crippen LogP contribution in [0.1, 0.15) is 32.1 Å². The van der Waals surface area contributed by atoms with Crippen molar-refractivity contribution < 1.29 is 13.5 Å². The fourth-order valence-electron chi connectivity index (χ4n) is 2.43. The average molecular weight is 284 g/mol. The lowest BCUT2D eigenvalue weighted by Crippen LogP contribution is -2.33. The lowest BCUT2D eigenvalue weighted by atomic mass is 10.1. The molecule has 1 aliphatic carbocycles. The summed E-state index contributed by atoms with van der Waals surface area (Å²) in [6, 6.07) is 3.01. The van der Waals surface area contributed by atoms with Gasteiger partial charge in [-0.3, -0.25) is 0 Å². The van der Waals surface area contributed by atoms with Crippen molar-refractivity contribution in [2.45, 2.75) is 49.1 Å². The van der Waals surface area contributed by atoms with Gasteiger partial charge in [-0.15, -0.1) is 0 Å². The average Bonchev–Trinajstić information content (AvgIpc) is 2.54. The quantitative estimate of drug-likeness (QED) is 0.824. The van der Waals surface area contributed by atoms with Crippen molar-refractivity contribution in [3.8, 4) is 0 Å². The van der Waals surface area contributed by atoms with Gasteiger partial charge >= 0.3 is 0 Å². The molecule has 19 heavy (non-hydrogen) atoms. The fourth-order valence-corrected chi connectivity index (χ4v) is 3.22. The number of aliphatic hydroxyl groups excluding tert-OH is 1. The van der Waals surface area contributed by atoms with Crippen molar-refractivity contribution in [2.24, 2.45) is 0 Å². The van der Waals surface area contributed by atoms with Gasteiger partial charge in [-0.1, -0.05) is 19.3 Å². The standard InChI is InChI=1S/C13H20N2O3S/c1-19(17,18)12-8-5-9-14-13(12)15-10-6-3-2-4-7-11(10)16/h5,8-11,16H,2-4,6-7H2,1H3,(H,14,15). The van der Waals surface area contributed by atoms with Gasteiger partial charge in [0.15, 0.2) is 9.84 Å². The number of nitrogens with one attached hydrogen (secondary N) is 1. The summed E-state index contributed by atoms with van der Waals surface area (Å²) in [5.74, 6) is 0.343. The molecule has 0 radical (unpaired) electrons. The first kappa shape index (κ1) is 14.3. The number of aromatic nitrogens is 1. The number of anilines is 1. The maximum atomic E-state index is 11.7. The van der Waals surface area contributed by atoms with Crippen LogP contribution in [-0.2, 0) is 9.84 Å². The highest BCUT2D eigenvalue weighted by Gasteiger charge is 2.24. The molecule has 2 N–H and O–H groups in total. The molecule has 0 aliphatic heterocycles. The number of hydrogen-bond acceptors (Lipinski definition) is 5. The van der Waals surface area contributed by atoms with Gasteiger partial charge in [0.1, 0.15) is 10.7 Å². The molecule has 0 bridgehead atoms. The summed E-state index contributed by atoms with van der Waals surface area (Å²) in [5, 5.41) is 13.2. The molecule has 2 unspecified atom stereocenters. The Kier molecular flexibility index (Phi) is 4.42. The van der Waals surface area contributed by atoms with E-state index in [2.05, 4.69) is 10.3 Å². The van der Waals surface area contributed by atoms with Gasteiger partial charge in [-0.2, -0.15) is 0 Å². The van der Waals surface area contributed by atoms with E-state index < -0.39 is 15.9 Å². The first-order valence-corrected chi connectivity index (χ1v) is 8.47. The third-order valence-corrected chi connectivity index (χ3v) is 4.60. The molecule has 0 saturated heterocycles. The summed E-state index contributed by atoms with van der Waals surface area (Å²) in [5.41, 5.74) is 0. The Morgan fingerprint density at radius 3 is 2.79 bits per heavy atom. The van der Waals surface area contributed by atoms with Crippen LogP contribution in [0.4, 0.5) is 5.82 Å². The summed E-state index contributed by atoms with van der Waals surface area (Å²) in [4.78, 5) is 4.29. The Morgan fingerprint density at radius 2 is 2.05 bits per heavy atom. The molecule has 5 nitrogen and oxygen atoms in total. The SMILES string of the molecule is CS(=O)(=O)c1cccnc1NC1CCCCCC1O. The van der Waals surface area contributed by atoms with Gasteiger partial charge in [0.2, 0.25) is 0 Å². The molecule has 2 rings (SSSR count). The van der Waals surface area contributed by atoms with E-state index in [9.17, 15) is 13.5 Å². The molecule has 1 aromatic rings. The molecule has 1 fully saturated rings. The largest absolute Gasteiger partial charge is 0.391 e. The molecule has 0 aromatic carbocycles. The monoisotopic (exact) mass is 284 g/mol. The van der Waals surface area contributed by atoms with Crippen LogP contribution in [-0.4, -0.2) is 36.9 Å². The van der Waals surface area contributed by atoms with E-state index in [4.69, 9.17) is 0 Å². The smallest absolute Gasteiger partial charge is 0.179 e. The molecule has 1 aliphatic rings. The minimum absolute atomic E-state index is 0.127. The van der Waals surface area contributed by atoms with Crippen molar-refractivity contribution in [1.82, 2.24) is 4.98 Å². The van der Waals surface area contributed by atoms with Gasteiger partial charge in [0.25, 0.3) is 0 Å². The predicted octanol–water partition coefficient (Wildman–Crippen LogP) is 1.59. The normalized spacial score (nSPS) is 24.7. The van der Waals surface area contributed by atoms with Crippen molar-refractivity contribution in [3.05, 3.63) is 18.3 Å². The Morgan fingerprint density at radius 1 is 1.32 bits per heavy atom. The molecule has 0 spiro atoms. The number of aliphatic hydroxyl groups is 1. The number of rotatable bonds is 3. The van der Waals surface area contributed by atoms with E-state index >= 15 is 0 Å². The number of pyridine rings is 1. The summed E-state index contributed by atoms with van der Waals surface area (Å²) in [7, 11) is -3.32. The van der Waals surface area contributed by atoms with E-state index in [0.29, 0.717) is 5.82 Å². The van der Waals surface area contributed by atoms with Crippen molar-refractivity contribution >= 4 is 15.7 Å². The van der Waals surface area contributed by atoms with E-state index in [1.807, 2.05) is 0 Å². The minimum atomic E-state index is -3.32. The van der Waals surface area contributed by atoms with Crippen LogP contribution in [0.5, 0.6) is 0 Å². The summed E-state index contributed by atoms with van der Waals surface area (Å²) in [6.45, 7) is 0. The second-order valence-electron chi connectivity index (χ2n) is 5.08. The molecule has 6 heteroatoms. The first-order valence-electron chi connectivity index (χ1n) is 6.58. The molecule has 1 aromatic heterocycles. The number of hydrogen-bond donors (Lipinski definition) is 2. The zero-order valence-electron chi connectivity index (χ0n) is 11.0. The van der Waals surface area contributed by atoms with Crippen LogP contribution in [0.3, 0.4) is 0 Å². The molecule has 1 saturated carbocycles. The van der Waals surface area contributed by atoms with Gasteiger partial charge in [0, 0.05) is 12.5 Å². The minimum Gasteiger partial charge on any atom is -0.391 e. The molecule has 2 atom stereocenters. The van der Waals surface area contributed by atoms with Gasteiger partial charge < -0.3 is 10.4 Å². The van der Waals surface area contributed by atoms with E-state index in [0.717, 1.165) is 32.1 Å². The number of nitrogens with zero attached hydrogens (tertiary/aromatic N) is 1. The lowest BCUT2D eigenvalue weighted by molar-refractivity contribution is 0.144. The molecular formula is C13H20N2O3S. The van der Waals surface area contributed by atoms with Crippen molar-refractivity contribution in [1.29, 1.82) is 0 Å². The Labute approximate surface area is 114 Å². The first-order chi connectivity index (χ1) is 8.98. The second kappa shape index (κ2) is 5.88. The van der Waals surface area contributed by atoms with Crippen LogP contribution in [0, 0.1) is 0 Å². The maximum Gasteiger partial charge on any atom is 0.179 e. The second-order valence-corrected chi connectivity index (χ2v) is 7.06. The third-order valence-electron chi connectivity index (χ3n) is 3.47. The van der Waals surface area contributed by atoms with Crippen LogP contribution < -0.4 is 5.32 Å². The maximum absolute atomic E-state index is 11.7. The van der Waals surface area contributed by atoms with Gasteiger partial charge in [-0.25, -0.2) is 13.4 Å². The summed E-state index contributed by atoms with van der Waals surface area (Å²) >= 11 is 0. The predicted molar refractivity (Wildman–Crippen MR) is 73.8 cm³/mol.